The highest BCUT2D eigenvalue weighted by molar-refractivity contribution is 5.80. The van der Waals surface area contributed by atoms with Crippen LogP contribution in [0.25, 0.3) is 22.4 Å². The van der Waals surface area contributed by atoms with Gasteiger partial charge >= 0.3 is 0 Å². The Labute approximate surface area is 165 Å². The molecule has 0 aliphatic heterocycles. The van der Waals surface area contributed by atoms with Gasteiger partial charge in [0.15, 0.2) is 0 Å². The van der Waals surface area contributed by atoms with Crippen molar-refractivity contribution in [3.8, 4) is 17.5 Å². The van der Waals surface area contributed by atoms with Crippen molar-refractivity contribution in [1.82, 2.24) is 9.55 Å². The van der Waals surface area contributed by atoms with Crippen molar-refractivity contribution in [2.75, 3.05) is 0 Å². The third-order valence-corrected chi connectivity index (χ3v) is 5.09. The molecule has 1 heterocycles. The van der Waals surface area contributed by atoms with Crippen LogP contribution in [0.4, 0.5) is 0 Å². The molecule has 28 heavy (non-hydrogen) atoms. The number of benzene rings is 3. The molecule has 0 aliphatic rings. The van der Waals surface area contributed by atoms with Gasteiger partial charge in [-0.25, -0.2) is 4.98 Å². The van der Waals surface area contributed by atoms with E-state index in [0.29, 0.717) is 12.1 Å². The van der Waals surface area contributed by atoms with E-state index in [-0.39, 0.29) is 5.41 Å². The first-order chi connectivity index (χ1) is 13.5. The number of aromatic nitrogens is 2. The fraction of sp³-hybridized carbons (Fsp3) is 0.200. The Bertz CT molecular complexity index is 1150. The molecule has 0 saturated heterocycles. The van der Waals surface area contributed by atoms with Crippen LogP contribution in [-0.4, -0.2) is 9.55 Å². The summed E-state index contributed by atoms with van der Waals surface area (Å²) < 4.78 is 2.25. The molecule has 3 aromatic carbocycles. The first-order valence-corrected chi connectivity index (χ1v) is 9.51. The monoisotopic (exact) mass is 365 g/mol. The third-order valence-electron chi connectivity index (χ3n) is 5.09. The lowest BCUT2D eigenvalue weighted by molar-refractivity contribution is 0.590. The van der Waals surface area contributed by atoms with Crippen molar-refractivity contribution >= 4 is 11.0 Å². The standard InChI is InChI=1S/C25H23N3/c1-25(2,3)21-14-12-20(13-15-21)24-27-22-6-4-5-7-23(22)28(24)17-19-10-8-18(16-26)9-11-19/h4-15H,17H2,1-3H3. The van der Waals surface area contributed by atoms with E-state index in [4.69, 9.17) is 10.2 Å². The average Bonchev–Trinajstić information content (AvgIpc) is 3.06. The number of para-hydroxylation sites is 2. The molecular weight excluding hydrogens is 342 g/mol. The van der Waals surface area contributed by atoms with E-state index in [0.717, 1.165) is 28.0 Å². The Morgan fingerprint density at radius 2 is 1.57 bits per heavy atom. The molecule has 4 aromatic rings. The van der Waals surface area contributed by atoms with Crippen LogP contribution in [0.5, 0.6) is 0 Å². The zero-order valence-electron chi connectivity index (χ0n) is 16.5. The minimum Gasteiger partial charge on any atom is -0.319 e. The minimum absolute atomic E-state index is 0.126. The molecule has 0 unspecified atom stereocenters. The fourth-order valence-electron chi connectivity index (χ4n) is 3.44. The summed E-state index contributed by atoms with van der Waals surface area (Å²) >= 11 is 0. The second-order valence-electron chi connectivity index (χ2n) is 8.15. The fourth-order valence-corrected chi connectivity index (χ4v) is 3.44. The predicted molar refractivity (Wildman–Crippen MR) is 114 cm³/mol. The van der Waals surface area contributed by atoms with Crippen LogP contribution in [0.3, 0.4) is 0 Å². The molecule has 0 aliphatic carbocycles. The van der Waals surface area contributed by atoms with E-state index in [1.54, 1.807) is 0 Å². The Kier molecular flexibility index (Phi) is 4.49. The smallest absolute Gasteiger partial charge is 0.141 e. The molecule has 0 radical (unpaired) electrons. The lowest BCUT2D eigenvalue weighted by Gasteiger charge is -2.19. The van der Waals surface area contributed by atoms with E-state index < -0.39 is 0 Å². The van der Waals surface area contributed by atoms with Gasteiger partial charge in [0.1, 0.15) is 5.82 Å². The van der Waals surface area contributed by atoms with Gasteiger partial charge in [0.2, 0.25) is 0 Å². The summed E-state index contributed by atoms with van der Waals surface area (Å²) in [7, 11) is 0. The maximum absolute atomic E-state index is 9.03. The van der Waals surface area contributed by atoms with Gasteiger partial charge < -0.3 is 4.57 Å². The zero-order valence-corrected chi connectivity index (χ0v) is 16.5. The molecule has 0 spiro atoms. The van der Waals surface area contributed by atoms with Gasteiger partial charge in [0, 0.05) is 12.1 Å². The van der Waals surface area contributed by atoms with Gasteiger partial charge in [-0.2, -0.15) is 5.26 Å². The van der Waals surface area contributed by atoms with Crippen molar-refractivity contribution in [3.05, 3.63) is 89.5 Å². The number of imidazole rings is 1. The summed E-state index contributed by atoms with van der Waals surface area (Å²) in [5.41, 5.74) is 6.48. The second kappa shape index (κ2) is 6.98. The minimum atomic E-state index is 0.126. The van der Waals surface area contributed by atoms with Crippen molar-refractivity contribution in [2.45, 2.75) is 32.7 Å². The molecule has 0 saturated carbocycles. The molecule has 0 amide bonds. The van der Waals surface area contributed by atoms with Crippen molar-refractivity contribution in [2.24, 2.45) is 0 Å². The topological polar surface area (TPSA) is 41.6 Å². The highest BCUT2D eigenvalue weighted by Crippen LogP contribution is 2.29. The first-order valence-electron chi connectivity index (χ1n) is 9.51. The summed E-state index contributed by atoms with van der Waals surface area (Å²) in [5.74, 6) is 0.964. The number of hydrogen-bond donors (Lipinski definition) is 0. The van der Waals surface area contributed by atoms with Crippen molar-refractivity contribution in [1.29, 1.82) is 5.26 Å². The molecule has 0 fully saturated rings. The molecule has 4 rings (SSSR count). The van der Waals surface area contributed by atoms with E-state index in [1.807, 2.05) is 36.4 Å². The molecule has 0 atom stereocenters. The van der Waals surface area contributed by atoms with Gasteiger partial charge in [-0.15, -0.1) is 0 Å². The van der Waals surface area contributed by atoms with E-state index in [2.05, 4.69) is 67.8 Å². The summed E-state index contributed by atoms with van der Waals surface area (Å²) in [6, 6.07) is 26.9. The van der Waals surface area contributed by atoms with E-state index in [1.165, 1.54) is 5.56 Å². The molecular formula is C25H23N3. The van der Waals surface area contributed by atoms with Crippen LogP contribution >= 0.6 is 0 Å². The number of nitriles is 1. The summed E-state index contributed by atoms with van der Waals surface area (Å²) in [6.45, 7) is 7.38. The summed E-state index contributed by atoms with van der Waals surface area (Å²) in [4.78, 5) is 4.92. The Morgan fingerprint density at radius 1 is 0.893 bits per heavy atom. The zero-order chi connectivity index (χ0) is 19.7. The van der Waals surface area contributed by atoms with Crippen LogP contribution in [0.2, 0.25) is 0 Å². The number of rotatable bonds is 3. The van der Waals surface area contributed by atoms with Crippen LogP contribution in [0, 0.1) is 11.3 Å². The predicted octanol–water partition coefficient (Wildman–Crippen LogP) is 5.92. The van der Waals surface area contributed by atoms with Gasteiger partial charge in [0.25, 0.3) is 0 Å². The van der Waals surface area contributed by atoms with Crippen LogP contribution in [0.1, 0.15) is 37.5 Å². The normalized spacial score (nSPS) is 11.5. The van der Waals surface area contributed by atoms with Crippen LogP contribution < -0.4 is 0 Å². The first kappa shape index (κ1) is 18.0. The Balaban J connectivity index is 1.80. The Morgan fingerprint density at radius 3 is 2.21 bits per heavy atom. The SMILES string of the molecule is CC(C)(C)c1ccc(-c2nc3ccccc3n2Cc2ccc(C#N)cc2)cc1. The highest BCUT2D eigenvalue weighted by atomic mass is 15.1. The average molecular weight is 365 g/mol. The quantitative estimate of drug-likeness (QED) is 0.452. The lowest BCUT2D eigenvalue weighted by Crippen LogP contribution is -2.10. The molecule has 138 valence electrons. The number of hydrogen-bond acceptors (Lipinski definition) is 2. The molecule has 3 heteroatoms. The van der Waals surface area contributed by atoms with Gasteiger partial charge in [-0.1, -0.05) is 69.3 Å². The number of fused-ring (bicyclic) bond motifs is 1. The molecule has 1 aromatic heterocycles. The van der Waals surface area contributed by atoms with Crippen LogP contribution in [-0.2, 0) is 12.0 Å². The van der Waals surface area contributed by atoms with Crippen LogP contribution in [0.15, 0.2) is 72.8 Å². The molecule has 3 nitrogen and oxygen atoms in total. The summed E-state index contributed by atoms with van der Waals surface area (Å²) in [6.07, 6.45) is 0. The largest absolute Gasteiger partial charge is 0.319 e. The van der Waals surface area contributed by atoms with Gasteiger partial charge in [-0.3, -0.25) is 0 Å². The van der Waals surface area contributed by atoms with Crippen molar-refractivity contribution < 1.29 is 0 Å². The molecule has 0 N–H and O–H groups in total. The third kappa shape index (κ3) is 3.42. The molecule has 0 bridgehead atoms. The lowest BCUT2D eigenvalue weighted by atomic mass is 9.87. The maximum Gasteiger partial charge on any atom is 0.141 e. The number of nitrogens with zero attached hydrogens (tertiary/aromatic N) is 3. The van der Waals surface area contributed by atoms with Crippen molar-refractivity contribution in [3.63, 3.8) is 0 Å². The van der Waals surface area contributed by atoms with Gasteiger partial charge in [0.05, 0.1) is 22.7 Å². The maximum atomic E-state index is 9.03. The summed E-state index contributed by atoms with van der Waals surface area (Å²) in [5, 5.41) is 9.03. The van der Waals surface area contributed by atoms with Gasteiger partial charge in [-0.05, 0) is 40.8 Å². The van der Waals surface area contributed by atoms with E-state index in [9.17, 15) is 0 Å². The Hall–Kier alpha value is -3.38. The highest BCUT2D eigenvalue weighted by Gasteiger charge is 2.16. The second-order valence-corrected chi connectivity index (χ2v) is 8.15. The van der Waals surface area contributed by atoms with E-state index >= 15 is 0 Å².